The van der Waals surface area contributed by atoms with E-state index in [2.05, 4.69) is 5.16 Å². The summed E-state index contributed by atoms with van der Waals surface area (Å²) in [6.45, 7) is 1.96. The molecule has 1 N–H and O–H groups in total. The molecule has 1 rings (SSSR count). The van der Waals surface area contributed by atoms with Crippen LogP contribution in [0.15, 0.2) is 17.5 Å². The van der Waals surface area contributed by atoms with Gasteiger partial charge in [0.1, 0.15) is 12.4 Å². The third-order valence-corrected chi connectivity index (χ3v) is 4.18. The van der Waals surface area contributed by atoms with E-state index in [4.69, 9.17) is 9.94 Å². The SMILES string of the molecule is CCS(=O)(=O)CCOCn1cc[n+](C)c1/C=N/O.[Cl-]. The molecule has 0 aliphatic carbocycles. The summed E-state index contributed by atoms with van der Waals surface area (Å²) in [6, 6.07) is 0. The fourth-order valence-corrected chi connectivity index (χ4v) is 2.02. The quantitative estimate of drug-likeness (QED) is 0.186. The molecular formula is C10H18ClN3O4S. The van der Waals surface area contributed by atoms with Gasteiger partial charge in [-0.25, -0.2) is 17.6 Å². The molecule has 0 aliphatic heterocycles. The van der Waals surface area contributed by atoms with Crippen LogP contribution in [0.2, 0.25) is 0 Å². The summed E-state index contributed by atoms with van der Waals surface area (Å²) >= 11 is 0. The molecule has 0 fully saturated rings. The summed E-state index contributed by atoms with van der Waals surface area (Å²) in [5.74, 6) is 0.785. The van der Waals surface area contributed by atoms with Crippen LogP contribution in [0.25, 0.3) is 0 Å². The Morgan fingerprint density at radius 1 is 1.58 bits per heavy atom. The van der Waals surface area contributed by atoms with Crippen molar-refractivity contribution in [1.82, 2.24) is 4.57 Å². The molecule has 0 atom stereocenters. The Morgan fingerprint density at radius 2 is 2.26 bits per heavy atom. The zero-order chi connectivity index (χ0) is 13.6. The smallest absolute Gasteiger partial charge is 0.305 e. The second-order valence-electron chi connectivity index (χ2n) is 3.76. The Kier molecular flexibility index (Phi) is 7.65. The van der Waals surface area contributed by atoms with Gasteiger partial charge in [-0.3, -0.25) is 0 Å². The lowest BCUT2D eigenvalue weighted by Crippen LogP contribution is -3.00. The predicted molar refractivity (Wildman–Crippen MR) is 65.3 cm³/mol. The minimum atomic E-state index is -2.99. The van der Waals surface area contributed by atoms with E-state index >= 15 is 0 Å². The maximum Gasteiger partial charge on any atom is 0.305 e. The van der Waals surface area contributed by atoms with E-state index in [1.807, 2.05) is 0 Å². The monoisotopic (exact) mass is 311 g/mol. The lowest BCUT2D eigenvalue weighted by molar-refractivity contribution is -0.672. The maximum atomic E-state index is 11.2. The summed E-state index contributed by atoms with van der Waals surface area (Å²) in [5, 5.41) is 11.5. The van der Waals surface area contributed by atoms with Crippen LogP contribution in [0.5, 0.6) is 0 Å². The largest absolute Gasteiger partial charge is 1.00 e. The van der Waals surface area contributed by atoms with Crippen molar-refractivity contribution < 1.29 is 35.3 Å². The fraction of sp³-hybridized carbons (Fsp3) is 0.600. The van der Waals surface area contributed by atoms with Crippen molar-refractivity contribution in [2.24, 2.45) is 12.2 Å². The lowest BCUT2D eigenvalue weighted by Gasteiger charge is -2.03. The van der Waals surface area contributed by atoms with Crippen molar-refractivity contribution in [2.45, 2.75) is 13.7 Å². The summed E-state index contributed by atoms with van der Waals surface area (Å²) in [4.78, 5) is 0. The fourth-order valence-electron chi connectivity index (χ4n) is 1.35. The molecule has 0 bridgehead atoms. The van der Waals surface area contributed by atoms with Crippen LogP contribution in [0.1, 0.15) is 12.7 Å². The predicted octanol–water partition coefficient (Wildman–Crippen LogP) is -3.47. The highest BCUT2D eigenvalue weighted by Crippen LogP contribution is 1.95. The highest BCUT2D eigenvalue weighted by Gasteiger charge is 2.13. The van der Waals surface area contributed by atoms with Crippen molar-refractivity contribution in [3.05, 3.63) is 18.2 Å². The van der Waals surface area contributed by atoms with Gasteiger partial charge in [0.25, 0.3) is 0 Å². The average Bonchev–Trinajstić information content (AvgIpc) is 2.68. The number of imidazole rings is 1. The minimum absolute atomic E-state index is 0. The molecule has 0 aromatic carbocycles. The van der Waals surface area contributed by atoms with Gasteiger partial charge in [0.05, 0.1) is 19.4 Å². The number of aromatic nitrogens is 2. The molecule has 1 heterocycles. The zero-order valence-corrected chi connectivity index (χ0v) is 12.4. The molecule has 0 saturated carbocycles. The molecule has 0 amide bonds. The Hall–Kier alpha value is -1.12. The summed E-state index contributed by atoms with van der Waals surface area (Å²) < 4.78 is 31.2. The molecule has 110 valence electrons. The summed E-state index contributed by atoms with van der Waals surface area (Å²) in [6.07, 6.45) is 4.82. The number of ether oxygens (including phenoxy) is 1. The van der Waals surface area contributed by atoms with Crippen molar-refractivity contribution >= 4 is 16.1 Å². The van der Waals surface area contributed by atoms with Gasteiger partial charge in [-0.1, -0.05) is 12.1 Å². The third kappa shape index (κ3) is 5.58. The molecule has 0 unspecified atom stereocenters. The van der Waals surface area contributed by atoms with Gasteiger partial charge < -0.3 is 22.4 Å². The van der Waals surface area contributed by atoms with E-state index in [0.717, 1.165) is 0 Å². The number of nitrogens with zero attached hydrogens (tertiary/aromatic N) is 3. The maximum absolute atomic E-state index is 11.2. The van der Waals surface area contributed by atoms with Crippen LogP contribution in [-0.2, 0) is 28.4 Å². The number of aryl methyl sites for hydroxylation is 1. The first-order valence-electron chi connectivity index (χ1n) is 5.50. The van der Waals surface area contributed by atoms with Gasteiger partial charge in [0, 0.05) is 5.75 Å². The topological polar surface area (TPSA) is 84.8 Å². The van der Waals surface area contributed by atoms with E-state index in [0.29, 0.717) is 5.82 Å². The van der Waals surface area contributed by atoms with Gasteiger partial charge in [0.15, 0.2) is 22.8 Å². The highest BCUT2D eigenvalue weighted by atomic mass is 35.5. The van der Waals surface area contributed by atoms with Gasteiger partial charge in [-0.2, -0.15) is 0 Å². The molecule has 7 nitrogen and oxygen atoms in total. The van der Waals surface area contributed by atoms with Crippen molar-refractivity contribution in [2.75, 3.05) is 18.1 Å². The zero-order valence-electron chi connectivity index (χ0n) is 10.9. The van der Waals surface area contributed by atoms with Gasteiger partial charge >= 0.3 is 5.82 Å². The molecule has 1 aromatic heterocycles. The Bertz CT molecular complexity index is 513. The molecule has 19 heavy (non-hydrogen) atoms. The van der Waals surface area contributed by atoms with Crippen LogP contribution in [0.4, 0.5) is 0 Å². The second-order valence-corrected chi connectivity index (χ2v) is 6.23. The normalized spacial score (nSPS) is 11.7. The summed E-state index contributed by atoms with van der Waals surface area (Å²) in [5.41, 5.74) is 0. The molecule has 0 aliphatic rings. The molecule has 0 radical (unpaired) electrons. The van der Waals surface area contributed by atoms with E-state index < -0.39 is 9.84 Å². The second kappa shape index (κ2) is 8.13. The first-order chi connectivity index (χ1) is 8.50. The van der Waals surface area contributed by atoms with Crippen LogP contribution >= 0.6 is 0 Å². The Balaban J connectivity index is 0.00000324. The Morgan fingerprint density at radius 3 is 2.84 bits per heavy atom. The number of hydrogen-bond acceptors (Lipinski definition) is 5. The van der Waals surface area contributed by atoms with Crippen LogP contribution in [0.3, 0.4) is 0 Å². The minimum Gasteiger partial charge on any atom is -1.00 e. The van der Waals surface area contributed by atoms with Crippen molar-refractivity contribution in [3.8, 4) is 0 Å². The Labute approximate surface area is 118 Å². The van der Waals surface area contributed by atoms with Gasteiger partial charge in [-0.15, -0.1) is 0 Å². The van der Waals surface area contributed by atoms with Crippen LogP contribution in [0, 0.1) is 0 Å². The van der Waals surface area contributed by atoms with Crippen molar-refractivity contribution in [3.63, 3.8) is 0 Å². The first kappa shape index (κ1) is 17.9. The third-order valence-electron chi connectivity index (χ3n) is 2.51. The first-order valence-corrected chi connectivity index (χ1v) is 7.32. The molecular weight excluding hydrogens is 294 g/mol. The van der Waals surface area contributed by atoms with E-state index in [1.54, 1.807) is 35.5 Å². The number of halogens is 1. The molecule has 0 saturated heterocycles. The molecule has 0 spiro atoms. The van der Waals surface area contributed by atoms with E-state index in [9.17, 15) is 8.42 Å². The lowest BCUT2D eigenvalue weighted by atomic mass is 10.6. The van der Waals surface area contributed by atoms with Crippen LogP contribution < -0.4 is 17.0 Å². The number of rotatable bonds is 7. The molecule has 1 aromatic rings. The molecule has 9 heteroatoms. The van der Waals surface area contributed by atoms with Gasteiger partial charge in [0.2, 0.25) is 0 Å². The van der Waals surface area contributed by atoms with Crippen molar-refractivity contribution in [1.29, 1.82) is 0 Å². The van der Waals surface area contributed by atoms with E-state index in [-0.39, 0.29) is 37.3 Å². The van der Waals surface area contributed by atoms with Gasteiger partial charge in [-0.05, 0) is 0 Å². The average molecular weight is 312 g/mol. The number of oxime groups is 1. The number of sulfone groups is 1. The summed E-state index contributed by atoms with van der Waals surface area (Å²) in [7, 11) is -1.19. The van der Waals surface area contributed by atoms with E-state index in [1.165, 1.54) is 6.21 Å². The standard InChI is InChI=1S/C10H17N3O4S.ClH/c1-3-18(15,16)7-6-17-9-13-5-4-12(2)10(13)8-11-14;/h4-5,8H,3,6-7,9H2,1-2H3;1H. The van der Waals surface area contributed by atoms with Crippen LogP contribution in [-0.4, -0.2) is 42.5 Å². The highest BCUT2D eigenvalue weighted by molar-refractivity contribution is 7.91. The number of hydrogen-bond donors (Lipinski definition) is 1.